The molecule has 0 saturated carbocycles. The van der Waals surface area contributed by atoms with E-state index in [4.69, 9.17) is 8.85 Å². The van der Waals surface area contributed by atoms with Crippen LogP contribution in [0.25, 0.3) is 0 Å². The summed E-state index contributed by atoms with van der Waals surface area (Å²) in [7, 11) is -2.76. The Kier molecular flexibility index (Phi) is 24.2. The Morgan fingerprint density at radius 3 is 0.943 bits per heavy atom. The Morgan fingerprint density at radius 2 is 0.686 bits per heavy atom. The van der Waals surface area contributed by atoms with Gasteiger partial charge in [-0.3, -0.25) is 9.59 Å². The van der Waals surface area contributed by atoms with E-state index in [9.17, 15) is 9.59 Å². The van der Waals surface area contributed by atoms with Crippen LogP contribution >= 0.6 is 0 Å². The van der Waals surface area contributed by atoms with Crippen molar-refractivity contribution in [1.29, 1.82) is 0 Å². The Balaban J connectivity index is 3.94. The average Bonchev–Trinajstić information content (AvgIpc) is 2.85. The number of hydrogen-bond acceptors (Lipinski definition) is 4. The third-order valence-corrected chi connectivity index (χ3v) is 10.5. The van der Waals surface area contributed by atoms with Crippen LogP contribution in [0.3, 0.4) is 0 Å². The van der Waals surface area contributed by atoms with E-state index in [0.29, 0.717) is 24.9 Å². The molecule has 0 atom stereocenters. The molecule has 0 N–H and O–H groups in total. The molecule has 0 radical (unpaired) electrons. The molecule has 0 aliphatic rings. The largest absolute Gasteiger partial charge is 0.485 e. The van der Waals surface area contributed by atoms with Gasteiger partial charge in [-0.2, -0.15) is 0 Å². The van der Waals surface area contributed by atoms with E-state index in [1.54, 1.807) is 0 Å². The first-order valence-corrected chi connectivity index (χ1v) is 17.7. The van der Waals surface area contributed by atoms with Gasteiger partial charge < -0.3 is 8.85 Å². The van der Waals surface area contributed by atoms with E-state index in [1.807, 2.05) is 13.8 Å². The van der Waals surface area contributed by atoms with Gasteiger partial charge >= 0.3 is 8.56 Å². The molecule has 0 saturated heterocycles. The van der Waals surface area contributed by atoms with Crippen molar-refractivity contribution in [1.82, 2.24) is 0 Å². The summed E-state index contributed by atoms with van der Waals surface area (Å²) in [6, 6.07) is 1.27. The zero-order valence-electron chi connectivity index (χ0n) is 24.1. The molecule has 0 aliphatic heterocycles. The molecule has 0 unspecified atom stereocenters. The monoisotopic (exact) mass is 512 g/mol. The predicted molar refractivity (Wildman–Crippen MR) is 152 cm³/mol. The topological polar surface area (TPSA) is 52.6 Å². The highest BCUT2D eigenvalue weighted by atomic mass is 28.4. The lowest BCUT2D eigenvalue weighted by molar-refractivity contribution is -0.141. The minimum atomic E-state index is -2.76. The SMILES string of the molecule is CCCCCCCCCCCCC(=O)O[Si](CC)(CC)OC(=O)CCCCCCCCCCCC. The lowest BCUT2D eigenvalue weighted by Crippen LogP contribution is -2.44. The maximum atomic E-state index is 12.5. The number of rotatable bonds is 26. The van der Waals surface area contributed by atoms with E-state index < -0.39 is 8.56 Å². The van der Waals surface area contributed by atoms with Gasteiger partial charge in [0.25, 0.3) is 11.9 Å². The first-order chi connectivity index (χ1) is 17.0. The van der Waals surface area contributed by atoms with Crippen LogP contribution in [0.5, 0.6) is 0 Å². The molecule has 0 rings (SSSR count). The van der Waals surface area contributed by atoms with Gasteiger partial charge in [0.1, 0.15) is 0 Å². The summed E-state index contributed by atoms with van der Waals surface area (Å²) in [5.74, 6) is -0.349. The molecule has 208 valence electrons. The maximum absolute atomic E-state index is 12.5. The van der Waals surface area contributed by atoms with E-state index in [2.05, 4.69) is 13.8 Å². The summed E-state index contributed by atoms with van der Waals surface area (Å²) in [5.41, 5.74) is 0. The number of hydrogen-bond donors (Lipinski definition) is 0. The van der Waals surface area contributed by atoms with Gasteiger partial charge in [-0.15, -0.1) is 0 Å². The molecule has 0 aliphatic carbocycles. The summed E-state index contributed by atoms with van der Waals surface area (Å²) >= 11 is 0. The first-order valence-electron chi connectivity index (χ1n) is 15.5. The van der Waals surface area contributed by atoms with Crippen LogP contribution in [0.4, 0.5) is 0 Å². The van der Waals surface area contributed by atoms with Crippen LogP contribution < -0.4 is 0 Å². The molecular formula is C30H60O4Si. The van der Waals surface area contributed by atoms with Crippen LogP contribution in [-0.4, -0.2) is 20.5 Å². The molecular weight excluding hydrogens is 452 g/mol. The van der Waals surface area contributed by atoms with Crippen molar-refractivity contribution in [2.75, 3.05) is 0 Å². The molecule has 0 spiro atoms. The fraction of sp³-hybridized carbons (Fsp3) is 0.933. The standard InChI is InChI=1S/C30H60O4Si/c1-5-9-11-13-15-17-19-21-23-25-27-29(31)33-35(7-3,8-4)34-30(32)28-26-24-22-20-18-16-14-12-10-6-2/h5-28H2,1-4H3. The molecule has 0 fully saturated rings. The molecule has 0 amide bonds. The van der Waals surface area contributed by atoms with Crippen molar-refractivity contribution in [3.8, 4) is 0 Å². The van der Waals surface area contributed by atoms with Crippen molar-refractivity contribution < 1.29 is 18.4 Å². The highest BCUT2D eigenvalue weighted by Gasteiger charge is 2.41. The minimum absolute atomic E-state index is 0.174. The Labute approximate surface area is 220 Å². The fourth-order valence-corrected chi connectivity index (χ4v) is 6.74. The van der Waals surface area contributed by atoms with Crippen LogP contribution in [-0.2, 0) is 18.4 Å². The molecule has 0 bridgehead atoms. The van der Waals surface area contributed by atoms with Crippen molar-refractivity contribution in [2.24, 2.45) is 0 Å². The van der Waals surface area contributed by atoms with Crippen molar-refractivity contribution in [3.63, 3.8) is 0 Å². The Bertz CT molecular complexity index is 451. The van der Waals surface area contributed by atoms with Gasteiger partial charge in [0.2, 0.25) is 0 Å². The smallest absolute Gasteiger partial charge is 0.463 e. The average molecular weight is 513 g/mol. The van der Waals surface area contributed by atoms with Gasteiger partial charge in [-0.05, 0) is 12.8 Å². The second-order valence-electron chi connectivity index (χ2n) is 10.4. The lowest BCUT2D eigenvalue weighted by Gasteiger charge is -2.27. The molecule has 5 heteroatoms. The second-order valence-corrected chi connectivity index (χ2v) is 14.1. The van der Waals surface area contributed by atoms with Crippen LogP contribution in [0.2, 0.25) is 12.1 Å². The van der Waals surface area contributed by atoms with E-state index in [0.717, 1.165) is 25.7 Å². The summed E-state index contributed by atoms with van der Waals surface area (Å²) in [4.78, 5) is 24.9. The van der Waals surface area contributed by atoms with Crippen LogP contribution in [0.1, 0.15) is 169 Å². The Hall–Kier alpha value is -0.843. The van der Waals surface area contributed by atoms with Crippen LogP contribution in [0, 0.1) is 0 Å². The summed E-state index contributed by atoms with van der Waals surface area (Å²) in [5, 5.41) is 0. The fourth-order valence-electron chi connectivity index (χ4n) is 4.59. The maximum Gasteiger partial charge on any atom is 0.463 e. The highest BCUT2D eigenvalue weighted by molar-refractivity contribution is 6.70. The highest BCUT2D eigenvalue weighted by Crippen LogP contribution is 2.22. The zero-order chi connectivity index (χ0) is 26.0. The normalized spacial score (nSPS) is 11.5. The molecule has 0 aromatic rings. The molecule has 0 aromatic heterocycles. The third kappa shape index (κ3) is 21.0. The van der Waals surface area contributed by atoms with Gasteiger partial charge in [0, 0.05) is 24.9 Å². The van der Waals surface area contributed by atoms with Crippen LogP contribution in [0.15, 0.2) is 0 Å². The third-order valence-electron chi connectivity index (χ3n) is 7.15. The quantitative estimate of drug-likeness (QED) is 0.0854. The predicted octanol–water partition coefficient (Wildman–Crippen LogP) is 10.2. The zero-order valence-corrected chi connectivity index (χ0v) is 25.1. The van der Waals surface area contributed by atoms with Gasteiger partial charge in [-0.1, -0.05) is 143 Å². The van der Waals surface area contributed by atoms with Crippen molar-refractivity contribution in [2.45, 2.75) is 181 Å². The summed E-state index contributed by atoms with van der Waals surface area (Å²) in [6.07, 6.45) is 25.8. The van der Waals surface area contributed by atoms with E-state index >= 15 is 0 Å². The van der Waals surface area contributed by atoms with E-state index in [-0.39, 0.29) is 11.9 Å². The van der Waals surface area contributed by atoms with Gasteiger partial charge in [-0.25, -0.2) is 0 Å². The van der Waals surface area contributed by atoms with Gasteiger partial charge in [0.05, 0.1) is 0 Å². The van der Waals surface area contributed by atoms with Crippen molar-refractivity contribution >= 4 is 20.5 Å². The lowest BCUT2D eigenvalue weighted by atomic mass is 10.1. The number of carbonyl (C=O) groups is 2. The van der Waals surface area contributed by atoms with Gasteiger partial charge in [0.15, 0.2) is 0 Å². The minimum Gasteiger partial charge on any atom is -0.485 e. The molecule has 35 heavy (non-hydrogen) atoms. The number of unbranched alkanes of at least 4 members (excludes halogenated alkanes) is 18. The second kappa shape index (κ2) is 24.8. The molecule has 4 nitrogen and oxygen atoms in total. The summed E-state index contributed by atoms with van der Waals surface area (Å²) < 4.78 is 11.7. The molecule has 0 aromatic carbocycles. The molecule has 0 heterocycles. The first kappa shape index (κ1) is 34.2. The Morgan fingerprint density at radius 1 is 0.429 bits per heavy atom. The number of carbonyl (C=O) groups excluding carboxylic acids is 2. The van der Waals surface area contributed by atoms with E-state index in [1.165, 1.54) is 103 Å². The summed E-state index contributed by atoms with van der Waals surface area (Å²) in [6.45, 7) is 8.47. The van der Waals surface area contributed by atoms with Crippen molar-refractivity contribution in [3.05, 3.63) is 0 Å².